The van der Waals surface area contributed by atoms with Gasteiger partial charge in [0.15, 0.2) is 0 Å². The molecule has 3 aliphatic rings. The summed E-state index contributed by atoms with van der Waals surface area (Å²) < 4.78 is 5.12. The van der Waals surface area contributed by atoms with Gasteiger partial charge in [-0.2, -0.15) is 0 Å². The summed E-state index contributed by atoms with van der Waals surface area (Å²) in [6.07, 6.45) is 4.84. The molecule has 1 aliphatic carbocycles. The summed E-state index contributed by atoms with van der Waals surface area (Å²) >= 11 is 0. The van der Waals surface area contributed by atoms with Gasteiger partial charge < -0.3 is 14.7 Å². The first kappa shape index (κ1) is 16.1. The van der Waals surface area contributed by atoms with Gasteiger partial charge in [0.2, 0.25) is 5.91 Å². The van der Waals surface area contributed by atoms with Crippen molar-refractivity contribution >= 4 is 17.8 Å². The molecule has 2 saturated heterocycles. The van der Waals surface area contributed by atoms with E-state index >= 15 is 0 Å². The Morgan fingerprint density at radius 3 is 2.80 bits per heavy atom. The first-order valence-corrected chi connectivity index (χ1v) is 8.87. The zero-order valence-electron chi connectivity index (χ0n) is 14.3. The Labute approximate surface area is 145 Å². The molecule has 0 radical (unpaired) electrons. The summed E-state index contributed by atoms with van der Waals surface area (Å²) in [5.41, 5.74) is -0.0434. The molecule has 1 N–H and O–H groups in total. The van der Waals surface area contributed by atoms with Gasteiger partial charge in [-0.05, 0) is 32.6 Å². The molecule has 1 spiro atoms. The molecule has 4 amide bonds. The Bertz CT molecular complexity index is 722. The number of hydrogen-bond donors (Lipinski definition) is 1. The molecule has 25 heavy (non-hydrogen) atoms. The van der Waals surface area contributed by atoms with Gasteiger partial charge in [-0.1, -0.05) is 18.0 Å². The highest BCUT2D eigenvalue weighted by Crippen LogP contribution is 2.36. The molecule has 3 heterocycles. The highest BCUT2D eigenvalue weighted by molar-refractivity contribution is 6.09. The van der Waals surface area contributed by atoms with Crippen molar-refractivity contribution in [2.45, 2.75) is 57.0 Å². The van der Waals surface area contributed by atoms with Crippen LogP contribution in [0, 0.1) is 6.92 Å². The maximum Gasteiger partial charge on any atom is 0.325 e. The minimum atomic E-state index is -0.773. The topological polar surface area (TPSA) is 95.8 Å². The van der Waals surface area contributed by atoms with E-state index in [1.807, 2.05) is 13.0 Å². The molecular weight excluding hydrogens is 324 g/mol. The molecule has 8 heteroatoms. The van der Waals surface area contributed by atoms with Gasteiger partial charge in [0.05, 0.1) is 6.04 Å². The smallest absolute Gasteiger partial charge is 0.325 e. The first-order chi connectivity index (χ1) is 12.0. The predicted octanol–water partition coefficient (Wildman–Crippen LogP) is 1.51. The van der Waals surface area contributed by atoms with Crippen LogP contribution in [0.2, 0.25) is 0 Å². The van der Waals surface area contributed by atoms with Gasteiger partial charge in [-0.15, -0.1) is 0 Å². The van der Waals surface area contributed by atoms with Crippen LogP contribution in [0.3, 0.4) is 0 Å². The zero-order chi connectivity index (χ0) is 17.6. The SMILES string of the molecule is Cc1cc([C@@H]2CCCN2C(=O)CN2C(=O)NC3(CCCC3)C2=O)no1. The number of imide groups is 1. The second-order valence-electron chi connectivity index (χ2n) is 7.22. The lowest BCUT2D eigenvalue weighted by Gasteiger charge is -2.25. The number of aryl methyl sites for hydroxylation is 1. The molecule has 0 bridgehead atoms. The number of rotatable bonds is 3. The number of carbonyl (C=O) groups excluding carboxylic acids is 3. The van der Waals surface area contributed by atoms with Crippen LogP contribution >= 0.6 is 0 Å². The van der Waals surface area contributed by atoms with E-state index in [4.69, 9.17) is 4.52 Å². The van der Waals surface area contributed by atoms with Crippen LogP contribution < -0.4 is 5.32 Å². The van der Waals surface area contributed by atoms with Crippen molar-refractivity contribution in [2.75, 3.05) is 13.1 Å². The molecule has 8 nitrogen and oxygen atoms in total. The molecule has 2 aliphatic heterocycles. The highest BCUT2D eigenvalue weighted by atomic mass is 16.5. The summed E-state index contributed by atoms with van der Waals surface area (Å²) in [5, 5.41) is 6.83. The van der Waals surface area contributed by atoms with Crippen LogP contribution in [0.5, 0.6) is 0 Å². The van der Waals surface area contributed by atoms with E-state index in [9.17, 15) is 14.4 Å². The normalized spacial score (nSPS) is 25.2. The molecule has 1 atom stereocenters. The average molecular weight is 346 g/mol. The summed E-state index contributed by atoms with van der Waals surface area (Å²) in [5.74, 6) is 0.227. The van der Waals surface area contributed by atoms with Crippen LogP contribution in [-0.2, 0) is 9.59 Å². The van der Waals surface area contributed by atoms with Gasteiger partial charge in [0.25, 0.3) is 5.91 Å². The Balaban J connectivity index is 1.48. The number of carbonyl (C=O) groups is 3. The Kier molecular flexibility index (Phi) is 3.77. The van der Waals surface area contributed by atoms with Crippen LogP contribution in [0.4, 0.5) is 4.79 Å². The standard InChI is InChI=1S/C17H22N4O4/c1-11-9-12(19-25-11)13-5-4-8-20(13)14(22)10-21-15(23)17(18-16(21)24)6-2-3-7-17/h9,13H,2-8,10H2,1H3,(H,18,24)/t13-/m0/s1. The third-order valence-corrected chi connectivity index (χ3v) is 5.56. The maximum atomic E-state index is 12.8. The van der Waals surface area contributed by atoms with Gasteiger partial charge in [0.1, 0.15) is 23.5 Å². The van der Waals surface area contributed by atoms with Crippen molar-refractivity contribution in [1.82, 2.24) is 20.3 Å². The van der Waals surface area contributed by atoms with E-state index in [-0.39, 0.29) is 24.4 Å². The van der Waals surface area contributed by atoms with Gasteiger partial charge in [0, 0.05) is 12.6 Å². The summed E-state index contributed by atoms with van der Waals surface area (Å²) in [7, 11) is 0. The lowest BCUT2D eigenvalue weighted by atomic mass is 9.98. The van der Waals surface area contributed by atoms with Crippen LogP contribution in [0.25, 0.3) is 0 Å². The van der Waals surface area contributed by atoms with E-state index in [1.54, 1.807) is 4.90 Å². The summed E-state index contributed by atoms with van der Waals surface area (Å²) in [4.78, 5) is 40.5. The fourth-order valence-electron chi connectivity index (χ4n) is 4.28. The van der Waals surface area contributed by atoms with Crippen molar-refractivity contribution in [3.63, 3.8) is 0 Å². The van der Waals surface area contributed by atoms with E-state index < -0.39 is 11.6 Å². The number of amides is 4. The molecule has 1 aromatic rings. The maximum absolute atomic E-state index is 12.8. The van der Waals surface area contributed by atoms with Gasteiger partial charge >= 0.3 is 6.03 Å². The molecule has 3 fully saturated rings. The lowest BCUT2D eigenvalue weighted by molar-refractivity contribution is -0.139. The van der Waals surface area contributed by atoms with Crippen molar-refractivity contribution < 1.29 is 18.9 Å². The van der Waals surface area contributed by atoms with E-state index in [1.165, 1.54) is 0 Å². The quantitative estimate of drug-likeness (QED) is 0.837. The third kappa shape index (κ3) is 2.60. The number of nitrogens with zero attached hydrogens (tertiary/aromatic N) is 3. The molecular formula is C17H22N4O4. The summed E-state index contributed by atoms with van der Waals surface area (Å²) in [6, 6.07) is 1.23. The molecule has 134 valence electrons. The van der Waals surface area contributed by atoms with E-state index in [0.717, 1.165) is 36.3 Å². The van der Waals surface area contributed by atoms with Gasteiger partial charge in [-0.25, -0.2) is 4.79 Å². The lowest BCUT2D eigenvalue weighted by Crippen LogP contribution is -2.46. The largest absolute Gasteiger partial charge is 0.361 e. The second-order valence-corrected chi connectivity index (χ2v) is 7.22. The fourth-order valence-corrected chi connectivity index (χ4v) is 4.28. The molecule has 0 aromatic carbocycles. The monoisotopic (exact) mass is 346 g/mol. The molecule has 1 aromatic heterocycles. The molecule has 4 rings (SSSR count). The first-order valence-electron chi connectivity index (χ1n) is 8.87. The third-order valence-electron chi connectivity index (χ3n) is 5.56. The average Bonchev–Trinajstić information content (AvgIpc) is 3.33. The van der Waals surface area contributed by atoms with Gasteiger partial charge in [-0.3, -0.25) is 14.5 Å². The number of urea groups is 1. The van der Waals surface area contributed by atoms with E-state index in [0.29, 0.717) is 25.1 Å². The Hall–Kier alpha value is -2.38. The van der Waals surface area contributed by atoms with Crippen LogP contribution in [0.15, 0.2) is 10.6 Å². The van der Waals surface area contributed by atoms with Crippen molar-refractivity contribution in [3.05, 3.63) is 17.5 Å². The number of nitrogens with one attached hydrogen (secondary N) is 1. The number of likely N-dealkylation sites (tertiary alicyclic amines) is 1. The molecule has 0 unspecified atom stereocenters. The fraction of sp³-hybridized carbons (Fsp3) is 0.647. The molecule has 1 saturated carbocycles. The van der Waals surface area contributed by atoms with Crippen molar-refractivity contribution in [3.8, 4) is 0 Å². The highest BCUT2D eigenvalue weighted by Gasteiger charge is 2.53. The van der Waals surface area contributed by atoms with Crippen molar-refractivity contribution in [2.24, 2.45) is 0 Å². The minimum absolute atomic E-state index is 0.147. The minimum Gasteiger partial charge on any atom is -0.361 e. The van der Waals surface area contributed by atoms with Crippen molar-refractivity contribution in [1.29, 1.82) is 0 Å². The number of aromatic nitrogens is 1. The Morgan fingerprint density at radius 1 is 1.36 bits per heavy atom. The summed E-state index contributed by atoms with van der Waals surface area (Å²) in [6.45, 7) is 2.20. The second kappa shape index (κ2) is 5.86. The van der Waals surface area contributed by atoms with Crippen LogP contribution in [-0.4, -0.2) is 51.4 Å². The Morgan fingerprint density at radius 2 is 2.12 bits per heavy atom. The van der Waals surface area contributed by atoms with E-state index in [2.05, 4.69) is 10.5 Å². The number of hydrogen-bond acceptors (Lipinski definition) is 5. The predicted molar refractivity (Wildman–Crippen MR) is 86.4 cm³/mol. The zero-order valence-corrected chi connectivity index (χ0v) is 14.3. The van der Waals surface area contributed by atoms with Crippen LogP contribution in [0.1, 0.15) is 56.0 Å².